The van der Waals surface area contributed by atoms with Crippen LogP contribution in [0.1, 0.15) is 29.2 Å². The monoisotopic (exact) mass is 413 g/mol. The van der Waals surface area contributed by atoms with Crippen LogP contribution in [0.3, 0.4) is 0 Å². The van der Waals surface area contributed by atoms with Gasteiger partial charge in [-0.1, -0.05) is 54.5 Å². The van der Waals surface area contributed by atoms with Gasteiger partial charge in [0, 0.05) is 24.9 Å². The maximum absolute atomic E-state index is 12.2. The zero-order valence-corrected chi connectivity index (χ0v) is 17.2. The second kappa shape index (κ2) is 9.23. The minimum atomic E-state index is -0.456. The molecule has 3 aromatic rings. The van der Waals surface area contributed by atoms with Crippen molar-refractivity contribution in [3.05, 3.63) is 77.5 Å². The van der Waals surface area contributed by atoms with Gasteiger partial charge in [0.2, 0.25) is 5.88 Å². The molecule has 0 saturated carbocycles. The van der Waals surface area contributed by atoms with E-state index in [-0.39, 0.29) is 12.5 Å². The molecule has 4 rings (SSSR count). The van der Waals surface area contributed by atoms with Gasteiger partial charge in [0.15, 0.2) is 0 Å². The van der Waals surface area contributed by atoms with Crippen molar-refractivity contribution in [2.45, 2.75) is 12.3 Å². The Bertz CT molecular complexity index is 1120. The highest BCUT2D eigenvalue weighted by Crippen LogP contribution is 2.44. The third-order valence-electron chi connectivity index (χ3n) is 5.18. The van der Waals surface area contributed by atoms with Gasteiger partial charge in [-0.05, 0) is 34.2 Å². The number of hydrogen-bond acceptors (Lipinski definition) is 5. The lowest BCUT2D eigenvalue weighted by Gasteiger charge is -2.14. The third-order valence-corrected chi connectivity index (χ3v) is 5.18. The zero-order chi connectivity index (χ0) is 21.6. The van der Waals surface area contributed by atoms with Gasteiger partial charge in [0.05, 0.1) is 12.8 Å². The lowest BCUT2D eigenvalue weighted by Crippen LogP contribution is -2.26. The van der Waals surface area contributed by atoms with Crippen molar-refractivity contribution in [2.24, 2.45) is 0 Å². The van der Waals surface area contributed by atoms with Crippen LogP contribution >= 0.6 is 0 Å². The molecule has 6 nitrogen and oxygen atoms in total. The van der Waals surface area contributed by atoms with Gasteiger partial charge in [-0.2, -0.15) is 0 Å². The van der Waals surface area contributed by atoms with Crippen LogP contribution in [-0.4, -0.2) is 31.3 Å². The standard InChI is InChI=1S/C25H23N3O3/c1-30-24-14-13-22(26)23(28-24)12-6-7-15-27-25(29)31-16-21-19-10-4-2-8-17(19)18-9-3-5-11-20(18)21/h2-5,8-11,13-14,21H,7,15-16,26H2,1H3,(H,27,29). The molecular weight excluding hydrogens is 390 g/mol. The highest BCUT2D eigenvalue weighted by Gasteiger charge is 2.28. The molecule has 1 aliphatic rings. The molecule has 3 N–H and O–H groups in total. The van der Waals surface area contributed by atoms with Crippen LogP contribution in [0, 0.1) is 11.8 Å². The quantitative estimate of drug-likeness (QED) is 0.489. The summed E-state index contributed by atoms with van der Waals surface area (Å²) in [6.45, 7) is 0.656. The Hall–Kier alpha value is -3.98. The van der Waals surface area contributed by atoms with Crippen molar-refractivity contribution < 1.29 is 14.3 Å². The minimum absolute atomic E-state index is 0.0417. The number of fused-ring (bicyclic) bond motifs is 3. The Morgan fingerprint density at radius 3 is 2.42 bits per heavy atom. The molecule has 31 heavy (non-hydrogen) atoms. The molecule has 0 unspecified atom stereocenters. The lowest BCUT2D eigenvalue weighted by atomic mass is 9.98. The molecule has 1 amide bonds. The largest absolute Gasteiger partial charge is 0.481 e. The molecule has 0 bridgehead atoms. The number of alkyl carbamates (subject to hydrolysis) is 1. The van der Waals surface area contributed by atoms with E-state index in [1.165, 1.54) is 29.4 Å². The second-order valence-corrected chi connectivity index (χ2v) is 7.10. The predicted molar refractivity (Wildman–Crippen MR) is 120 cm³/mol. The predicted octanol–water partition coefficient (Wildman–Crippen LogP) is 3.95. The Kier molecular flexibility index (Phi) is 6.04. The smallest absolute Gasteiger partial charge is 0.407 e. The molecule has 0 radical (unpaired) electrons. The number of nitrogens with two attached hydrogens (primary N) is 1. The number of anilines is 1. The van der Waals surface area contributed by atoms with Crippen molar-refractivity contribution in [3.63, 3.8) is 0 Å². The summed E-state index contributed by atoms with van der Waals surface area (Å²) in [4.78, 5) is 16.4. The van der Waals surface area contributed by atoms with Crippen molar-refractivity contribution in [1.82, 2.24) is 10.3 Å². The van der Waals surface area contributed by atoms with Gasteiger partial charge in [0.25, 0.3) is 0 Å². The lowest BCUT2D eigenvalue weighted by molar-refractivity contribution is 0.143. The van der Waals surface area contributed by atoms with Crippen molar-refractivity contribution in [3.8, 4) is 28.8 Å². The number of nitrogens with one attached hydrogen (secondary N) is 1. The summed E-state index contributed by atoms with van der Waals surface area (Å²) in [7, 11) is 1.54. The average Bonchev–Trinajstić information content (AvgIpc) is 3.12. The molecule has 1 aromatic heterocycles. The molecule has 0 fully saturated rings. The fourth-order valence-corrected chi connectivity index (χ4v) is 3.69. The summed E-state index contributed by atoms with van der Waals surface area (Å²) in [5.74, 6) is 6.35. The highest BCUT2D eigenvalue weighted by molar-refractivity contribution is 5.79. The molecule has 0 spiro atoms. The number of benzene rings is 2. The van der Waals surface area contributed by atoms with E-state index >= 15 is 0 Å². The van der Waals surface area contributed by atoms with Crippen molar-refractivity contribution in [1.29, 1.82) is 0 Å². The number of carbonyl (C=O) groups excluding carboxylic acids is 1. The van der Waals surface area contributed by atoms with Crippen LogP contribution in [0.15, 0.2) is 60.7 Å². The highest BCUT2D eigenvalue weighted by atomic mass is 16.5. The third kappa shape index (κ3) is 4.46. The summed E-state index contributed by atoms with van der Waals surface area (Å²) >= 11 is 0. The Balaban J connectivity index is 1.29. The van der Waals surface area contributed by atoms with E-state index in [2.05, 4.69) is 46.4 Å². The summed E-state index contributed by atoms with van der Waals surface area (Å²) in [5, 5.41) is 2.74. The molecule has 6 heteroatoms. The van der Waals surface area contributed by atoms with Gasteiger partial charge in [-0.15, -0.1) is 0 Å². The SMILES string of the molecule is COc1ccc(N)c(C#CCCNC(=O)OCC2c3ccccc3-c3ccccc32)n1. The number of pyridine rings is 1. The van der Waals surface area contributed by atoms with E-state index in [1.54, 1.807) is 12.1 Å². The molecule has 1 heterocycles. The fourth-order valence-electron chi connectivity index (χ4n) is 3.69. The van der Waals surface area contributed by atoms with Crippen molar-refractivity contribution in [2.75, 3.05) is 26.0 Å². The van der Waals surface area contributed by atoms with Gasteiger partial charge >= 0.3 is 6.09 Å². The van der Waals surface area contributed by atoms with Crippen LogP contribution in [0.2, 0.25) is 0 Å². The number of nitrogen functional groups attached to an aromatic ring is 1. The molecular formula is C25H23N3O3. The topological polar surface area (TPSA) is 86.5 Å². The number of aromatic nitrogens is 1. The average molecular weight is 413 g/mol. The molecule has 0 aliphatic heterocycles. The first-order valence-corrected chi connectivity index (χ1v) is 10.1. The van der Waals surface area contributed by atoms with E-state index in [0.717, 1.165) is 0 Å². The van der Waals surface area contributed by atoms with Crippen molar-refractivity contribution >= 4 is 11.8 Å². The van der Waals surface area contributed by atoms with Crippen LogP contribution < -0.4 is 15.8 Å². The van der Waals surface area contributed by atoms with E-state index in [0.29, 0.717) is 30.2 Å². The zero-order valence-electron chi connectivity index (χ0n) is 17.2. The maximum atomic E-state index is 12.2. The second-order valence-electron chi connectivity index (χ2n) is 7.10. The van der Waals surface area contributed by atoms with E-state index in [1.807, 2.05) is 24.3 Å². The normalized spacial score (nSPS) is 11.6. The van der Waals surface area contributed by atoms with Gasteiger partial charge < -0.3 is 20.5 Å². The van der Waals surface area contributed by atoms with Crippen LogP contribution in [0.5, 0.6) is 5.88 Å². The molecule has 0 saturated heterocycles. The number of carbonyl (C=O) groups is 1. The summed E-state index contributed by atoms with van der Waals surface area (Å²) in [6.07, 6.45) is -0.00890. The number of rotatable bonds is 5. The fraction of sp³-hybridized carbons (Fsp3) is 0.200. The van der Waals surface area contributed by atoms with Crippen LogP contribution in [0.4, 0.5) is 10.5 Å². The molecule has 156 valence electrons. The molecule has 1 aliphatic carbocycles. The van der Waals surface area contributed by atoms with Gasteiger partial charge in [-0.25, -0.2) is 9.78 Å². The van der Waals surface area contributed by atoms with Gasteiger partial charge in [-0.3, -0.25) is 0 Å². The van der Waals surface area contributed by atoms with E-state index in [9.17, 15) is 4.79 Å². The molecule has 0 atom stereocenters. The number of hydrogen-bond donors (Lipinski definition) is 2. The number of ether oxygens (including phenoxy) is 2. The number of nitrogens with zero attached hydrogens (tertiary/aromatic N) is 1. The first kappa shape index (κ1) is 20.3. The number of amides is 1. The first-order valence-electron chi connectivity index (χ1n) is 10.1. The van der Waals surface area contributed by atoms with E-state index in [4.69, 9.17) is 15.2 Å². The van der Waals surface area contributed by atoms with Crippen LogP contribution in [-0.2, 0) is 4.74 Å². The molecule has 2 aromatic carbocycles. The van der Waals surface area contributed by atoms with Crippen LogP contribution in [0.25, 0.3) is 11.1 Å². The Morgan fingerprint density at radius 1 is 1.06 bits per heavy atom. The van der Waals surface area contributed by atoms with E-state index < -0.39 is 6.09 Å². The number of methoxy groups -OCH3 is 1. The summed E-state index contributed by atoms with van der Waals surface area (Å²) < 4.78 is 10.6. The first-order chi connectivity index (χ1) is 15.2. The van der Waals surface area contributed by atoms with Gasteiger partial charge in [0.1, 0.15) is 12.3 Å². The summed E-state index contributed by atoms with van der Waals surface area (Å²) in [5.41, 5.74) is 11.6. The maximum Gasteiger partial charge on any atom is 0.407 e. The Morgan fingerprint density at radius 2 is 1.74 bits per heavy atom. The summed E-state index contributed by atoms with van der Waals surface area (Å²) in [6, 6.07) is 19.9. The minimum Gasteiger partial charge on any atom is -0.481 e. The Labute approximate surface area is 181 Å².